The zero-order valence-corrected chi connectivity index (χ0v) is 12.2. The number of rotatable bonds is 3. The monoisotopic (exact) mass is 311 g/mol. The van der Waals surface area contributed by atoms with Crippen LogP contribution >= 0.6 is 15.9 Å². The smallest absolute Gasteiger partial charge is 0.126 e. The molecule has 0 spiro atoms. The van der Waals surface area contributed by atoms with Crippen molar-refractivity contribution in [3.63, 3.8) is 0 Å². The van der Waals surface area contributed by atoms with Gasteiger partial charge in [0.15, 0.2) is 0 Å². The van der Waals surface area contributed by atoms with Gasteiger partial charge in [0, 0.05) is 12.7 Å². The largest absolute Gasteiger partial charge is 0.379 e. The fourth-order valence-electron chi connectivity index (χ4n) is 1.81. The van der Waals surface area contributed by atoms with Crippen LogP contribution < -0.4 is 5.32 Å². The molecule has 2 rings (SSSR count). The van der Waals surface area contributed by atoms with E-state index in [4.69, 9.17) is 0 Å². The number of hydrogen-bond donors (Lipinski definition) is 1. The molecule has 0 bridgehead atoms. The van der Waals surface area contributed by atoms with Gasteiger partial charge in [0.25, 0.3) is 0 Å². The molecule has 3 nitrogen and oxygen atoms in total. The number of nitrogens with one attached hydrogen (secondary N) is 1. The molecule has 1 aromatic heterocycles. The second-order valence-corrected chi connectivity index (χ2v) is 5.08. The van der Waals surface area contributed by atoms with Crippen molar-refractivity contribution < 1.29 is 4.39 Å². The van der Waals surface area contributed by atoms with Crippen LogP contribution in [0.3, 0.4) is 0 Å². The molecule has 0 amide bonds. The fraction of sp³-hybridized carbons (Fsp3) is 0.308. The molecule has 2 aromatic rings. The van der Waals surface area contributed by atoms with Crippen LogP contribution in [-0.2, 0) is 13.6 Å². The number of benzene rings is 1. The SMILES string of the molecule is Cc1cc(NCc2c(Br)c(C)nn2C)ccc1F. The molecule has 0 aliphatic heterocycles. The molecule has 0 saturated heterocycles. The van der Waals surface area contributed by atoms with Gasteiger partial charge in [-0.05, 0) is 53.5 Å². The predicted molar refractivity (Wildman–Crippen MR) is 74.1 cm³/mol. The molecule has 1 N–H and O–H groups in total. The van der Waals surface area contributed by atoms with E-state index >= 15 is 0 Å². The summed E-state index contributed by atoms with van der Waals surface area (Å²) in [5.74, 6) is -0.182. The van der Waals surface area contributed by atoms with Crippen molar-refractivity contribution in [1.82, 2.24) is 9.78 Å². The van der Waals surface area contributed by atoms with E-state index in [0.717, 1.165) is 21.5 Å². The molecule has 18 heavy (non-hydrogen) atoms. The highest BCUT2D eigenvalue weighted by Crippen LogP contribution is 2.21. The summed E-state index contributed by atoms with van der Waals surface area (Å²) in [6, 6.07) is 5.01. The van der Waals surface area contributed by atoms with Crippen molar-refractivity contribution in [2.75, 3.05) is 5.32 Å². The van der Waals surface area contributed by atoms with Gasteiger partial charge < -0.3 is 5.32 Å². The molecule has 0 atom stereocenters. The molecule has 1 heterocycles. The van der Waals surface area contributed by atoms with E-state index in [2.05, 4.69) is 26.3 Å². The second-order valence-electron chi connectivity index (χ2n) is 4.29. The predicted octanol–water partition coefficient (Wildman–Crippen LogP) is 3.55. The van der Waals surface area contributed by atoms with Crippen LogP contribution in [0.5, 0.6) is 0 Å². The number of aryl methyl sites for hydroxylation is 3. The lowest BCUT2D eigenvalue weighted by Gasteiger charge is -2.08. The van der Waals surface area contributed by atoms with Crippen molar-refractivity contribution in [3.05, 3.63) is 45.4 Å². The Kier molecular flexibility index (Phi) is 3.71. The Morgan fingerprint density at radius 3 is 2.67 bits per heavy atom. The number of hydrogen-bond acceptors (Lipinski definition) is 2. The number of nitrogens with zero attached hydrogens (tertiary/aromatic N) is 2. The standard InChI is InChI=1S/C13H15BrFN3/c1-8-6-10(4-5-11(8)15)16-7-12-13(14)9(2)17-18(12)3/h4-6,16H,7H2,1-3H3. The molecule has 0 aliphatic rings. The van der Waals surface area contributed by atoms with E-state index in [1.807, 2.05) is 18.7 Å². The first-order valence-corrected chi connectivity index (χ1v) is 6.46. The Morgan fingerprint density at radius 1 is 1.39 bits per heavy atom. The highest BCUT2D eigenvalue weighted by atomic mass is 79.9. The molecule has 0 fully saturated rings. The molecular weight excluding hydrogens is 297 g/mol. The van der Waals surface area contributed by atoms with E-state index in [1.54, 1.807) is 19.1 Å². The van der Waals surface area contributed by atoms with Crippen LogP contribution in [0.4, 0.5) is 10.1 Å². The minimum atomic E-state index is -0.182. The maximum absolute atomic E-state index is 13.1. The lowest BCUT2D eigenvalue weighted by molar-refractivity contribution is 0.618. The number of anilines is 1. The van der Waals surface area contributed by atoms with Crippen molar-refractivity contribution >= 4 is 21.6 Å². The summed E-state index contributed by atoms with van der Waals surface area (Å²) in [4.78, 5) is 0. The first-order valence-electron chi connectivity index (χ1n) is 5.67. The van der Waals surface area contributed by atoms with Crippen molar-refractivity contribution in [3.8, 4) is 0 Å². The van der Waals surface area contributed by atoms with E-state index < -0.39 is 0 Å². The maximum Gasteiger partial charge on any atom is 0.126 e. The zero-order valence-electron chi connectivity index (χ0n) is 10.6. The van der Waals surface area contributed by atoms with Gasteiger partial charge in [0.1, 0.15) is 5.82 Å². The van der Waals surface area contributed by atoms with Gasteiger partial charge >= 0.3 is 0 Å². The Labute approximate surface area is 114 Å². The van der Waals surface area contributed by atoms with E-state index in [9.17, 15) is 4.39 Å². The number of halogens is 2. The molecule has 0 radical (unpaired) electrons. The Morgan fingerprint density at radius 2 is 2.11 bits per heavy atom. The first-order chi connectivity index (χ1) is 8.49. The van der Waals surface area contributed by atoms with Crippen LogP contribution in [0.2, 0.25) is 0 Å². The van der Waals surface area contributed by atoms with Crippen LogP contribution in [0.15, 0.2) is 22.7 Å². The van der Waals surface area contributed by atoms with Gasteiger partial charge in [-0.2, -0.15) is 5.10 Å². The average molecular weight is 312 g/mol. The summed E-state index contributed by atoms with van der Waals surface area (Å²) >= 11 is 3.52. The Balaban J connectivity index is 2.14. The van der Waals surface area contributed by atoms with Gasteiger partial charge in [-0.25, -0.2) is 4.39 Å². The molecule has 0 aliphatic carbocycles. The molecule has 96 valence electrons. The molecule has 5 heteroatoms. The van der Waals surface area contributed by atoms with Gasteiger partial charge in [-0.15, -0.1) is 0 Å². The molecular formula is C13H15BrFN3. The topological polar surface area (TPSA) is 29.9 Å². The van der Waals surface area contributed by atoms with Crippen molar-refractivity contribution in [2.45, 2.75) is 20.4 Å². The maximum atomic E-state index is 13.1. The minimum absolute atomic E-state index is 0.182. The van der Waals surface area contributed by atoms with E-state index in [1.165, 1.54) is 6.07 Å². The zero-order chi connectivity index (χ0) is 13.3. The minimum Gasteiger partial charge on any atom is -0.379 e. The summed E-state index contributed by atoms with van der Waals surface area (Å²) in [7, 11) is 1.91. The van der Waals surface area contributed by atoms with Crippen LogP contribution in [0.1, 0.15) is 17.0 Å². The summed E-state index contributed by atoms with van der Waals surface area (Å²) in [6.45, 7) is 4.35. The third-order valence-electron chi connectivity index (χ3n) is 2.88. The summed E-state index contributed by atoms with van der Waals surface area (Å²) < 4.78 is 16.0. The third-order valence-corrected chi connectivity index (χ3v) is 3.91. The highest BCUT2D eigenvalue weighted by Gasteiger charge is 2.10. The van der Waals surface area contributed by atoms with Gasteiger partial charge in [-0.3, -0.25) is 4.68 Å². The van der Waals surface area contributed by atoms with Crippen LogP contribution in [0.25, 0.3) is 0 Å². The second kappa shape index (κ2) is 5.10. The number of aromatic nitrogens is 2. The van der Waals surface area contributed by atoms with E-state index in [-0.39, 0.29) is 5.82 Å². The van der Waals surface area contributed by atoms with Crippen LogP contribution in [0, 0.1) is 19.7 Å². The van der Waals surface area contributed by atoms with Gasteiger partial charge in [0.2, 0.25) is 0 Å². The summed E-state index contributed by atoms with van der Waals surface area (Å²) in [5, 5.41) is 7.59. The molecule has 0 saturated carbocycles. The normalized spacial score (nSPS) is 10.7. The lowest BCUT2D eigenvalue weighted by Crippen LogP contribution is -2.06. The van der Waals surface area contributed by atoms with Crippen molar-refractivity contribution in [1.29, 1.82) is 0 Å². The summed E-state index contributed by atoms with van der Waals surface area (Å²) in [5.41, 5.74) is 3.57. The quantitative estimate of drug-likeness (QED) is 0.939. The highest BCUT2D eigenvalue weighted by molar-refractivity contribution is 9.10. The van der Waals surface area contributed by atoms with Gasteiger partial charge in [0.05, 0.1) is 22.4 Å². The summed E-state index contributed by atoms with van der Waals surface area (Å²) in [6.07, 6.45) is 0. The fourth-order valence-corrected chi connectivity index (χ4v) is 2.29. The van der Waals surface area contributed by atoms with Gasteiger partial charge in [-0.1, -0.05) is 0 Å². The Hall–Kier alpha value is -1.36. The molecule has 1 aromatic carbocycles. The lowest BCUT2D eigenvalue weighted by atomic mass is 10.2. The third kappa shape index (κ3) is 2.56. The Bertz CT molecular complexity index is 578. The van der Waals surface area contributed by atoms with Crippen molar-refractivity contribution in [2.24, 2.45) is 7.05 Å². The molecule has 0 unspecified atom stereocenters. The van der Waals surface area contributed by atoms with E-state index in [0.29, 0.717) is 12.1 Å². The first kappa shape index (κ1) is 13.1. The van der Waals surface area contributed by atoms with Crippen LogP contribution in [-0.4, -0.2) is 9.78 Å². The average Bonchev–Trinajstić information content (AvgIpc) is 2.56.